The van der Waals surface area contributed by atoms with Gasteiger partial charge in [-0.3, -0.25) is 0 Å². The van der Waals surface area contributed by atoms with E-state index in [1.54, 1.807) is 0 Å². The normalized spacial score (nSPS) is 19.9. The van der Waals surface area contributed by atoms with Gasteiger partial charge in [-0.15, -0.1) is 0 Å². The molecule has 0 radical (unpaired) electrons. The summed E-state index contributed by atoms with van der Waals surface area (Å²) in [5, 5.41) is 1.41. The van der Waals surface area contributed by atoms with Crippen LogP contribution in [0.3, 0.4) is 0 Å². The lowest BCUT2D eigenvalue weighted by atomic mass is 10.2. The van der Waals surface area contributed by atoms with E-state index in [4.69, 9.17) is 12.2 Å². The van der Waals surface area contributed by atoms with Gasteiger partial charge in [0.1, 0.15) is 0 Å². The van der Waals surface area contributed by atoms with Gasteiger partial charge in [0, 0.05) is 39.1 Å². The van der Waals surface area contributed by atoms with E-state index >= 15 is 0 Å². The minimum Gasteiger partial charge on any atom is -0.526 e. The van der Waals surface area contributed by atoms with Crippen molar-refractivity contribution in [3.63, 3.8) is 0 Å². The molecule has 0 N–H and O–H groups in total. The molecule has 0 saturated carbocycles. The van der Waals surface area contributed by atoms with E-state index in [9.17, 15) is 0 Å². The molecule has 0 spiro atoms. The van der Waals surface area contributed by atoms with Crippen molar-refractivity contribution in [2.24, 2.45) is 0 Å². The predicted octanol–water partition coefficient (Wildman–Crippen LogP) is 3.72. The summed E-state index contributed by atoms with van der Waals surface area (Å²) < 4.78 is 0. The van der Waals surface area contributed by atoms with E-state index < -0.39 is 4.87 Å². The van der Waals surface area contributed by atoms with Crippen LogP contribution in [0.2, 0.25) is 0 Å². The zero-order chi connectivity index (χ0) is 10.2. The first-order chi connectivity index (χ1) is 6.60. The van der Waals surface area contributed by atoms with Crippen LogP contribution in [0.4, 0.5) is 0 Å². The van der Waals surface area contributed by atoms with E-state index in [1.807, 2.05) is 22.8 Å². The maximum atomic E-state index is 5.79. The Morgan fingerprint density at radius 3 is 2.07 bits per heavy atom. The molecule has 1 fully saturated rings. The number of benzene rings is 1. The highest BCUT2D eigenvalue weighted by molar-refractivity contribution is 9.15. The van der Waals surface area contributed by atoms with Gasteiger partial charge in [0.2, 0.25) is 0 Å². The Bertz CT molecular complexity index is 325. The molecule has 0 bridgehead atoms. The Labute approximate surface area is 99.6 Å². The lowest BCUT2D eigenvalue weighted by molar-refractivity contribution is 1.41. The molecular weight excluding hydrogens is 247 g/mol. The van der Waals surface area contributed by atoms with Gasteiger partial charge in [0.15, 0.2) is 0 Å². The summed E-state index contributed by atoms with van der Waals surface area (Å²) >= 11 is 9.80. The molecule has 0 aliphatic carbocycles. The first kappa shape index (κ1) is 11.2. The summed E-state index contributed by atoms with van der Waals surface area (Å²) in [7, 11) is 0. The van der Waals surface area contributed by atoms with Crippen LogP contribution >= 0.6 is 27.6 Å². The molecule has 4 heteroatoms. The minimum atomic E-state index is -1.31. The van der Waals surface area contributed by atoms with Crippen molar-refractivity contribution < 1.29 is 0 Å². The van der Waals surface area contributed by atoms with Crippen molar-refractivity contribution in [1.29, 1.82) is 0 Å². The summed E-state index contributed by atoms with van der Waals surface area (Å²) in [4.78, 5) is -1.31. The lowest BCUT2D eigenvalue weighted by Crippen LogP contribution is -2.03. The molecule has 1 aromatic rings. The van der Waals surface area contributed by atoms with Crippen LogP contribution in [-0.4, -0.2) is 11.5 Å². The largest absolute Gasteiger partial charge is 0.526 e. The monoisotopic (exact) mass is 260 g/mol. The SMILES string of the molecule is Cc1cc(C)cc([P+]2([S-])SCCS2)c1. The van der Waals surface area contributed by atoms with Crippen molar-refractivity contribution in [3.05, 3.63) is 29.3 Å². The van der Waals surface area contributed by atoms with Gasteiger partial charge in [-0.05, 0) is 37.1 Å². The summed E-state index contributed by atoms with van der Waals surface area (Å²) in [5.41, 5.74) is 2.69. The highest BCUT2D eigenvalue weighted by Crippen LogP contribution is 2.80. The molecule has 1 saturated heterocycles. The van der Waals surface area contributed by atoms with Crippen LogP contribution in [0.1, 0.15) is 11.1 Å². The molecular formula is C10H13PS3. The maximum absolute atomic E-state index is 5.79. The van der Waals surface area contributed by atoms with Crippen molar-refractivity contribution in [2.75, 3.05) is 11.5 Å². The Balaban J connectivity index is 2.40. The molecule has 1 heterocycles. The van der Waals surface area contributed by atoms with Crippen LogP contribution in [0, 0.1) is 13.8 Å². The van der Waals surface area contributed by atoms with Crippen molar-refractivity contribution >= 4 is 45.2 Å². The maximum Gasteiger partial charge on any atom is 0.0960 e. The minimum absolute atomic E-state index is 1.23. The third-order valence-corrected chi connectivity index (χ3v) is 13.6. The Morgan fingerprint density at radius 1 is 1.07 bits per heavy atom. The van der Waals surface area contributed by atoms with Gasteiger partial charge in [-0.25, -0.2) is 0 Å². The fourth-order valence-electron chi connectivity index (χ4n) is 1.61. The van der Waals surface area contributed by atoms with Crippen LogP contribution < -0.4 is 5.30 Å². The molecule has 2 rings (SSSR count). The van der Waals surface area contributed by atoms with Crippen molar-refractivity contribution in [1.82, 2.24) is 0 Å². The highest BCUT2D eigenvalue weighted by atomic mass is 33.4. The average Bonchev–Trinajstić information content (AvgIpc) is 2.52. The van der Waals surface area contributed by atoms with Gasteiger partial charge in [-0.2, -0.15) is 0 Å². The fraction of sp³-hybridized carbons (Fsp3) is 0.400. The van der Waals surface area contributed by atoms with Gasteiger partial charge in [-0.1, -0.05) is 6.07 Å². The fourth-order valence-corrected chi connectivity index (χ4v) is 12.0. The van der Waals surface area contributed by atoms with Crippen LogP contribution in [0.5, 0.6) is 0 Å². The van der Waals surface area contributed by atoms with Gasteiger partial charge in [0.05, 0.1) is 5.30 Å². The molecule has 76 valence electrons. The van der Waals surface area contributed by atoms with Crippen molar-refractivity contribution in [3.8, 4) is 0 Å². The van der Waals surface area contributed by atoms with Gasteiger partial charge < -0.3 is 12.2 Å². The summed E-state index contributed by atoms with van der Waals surface area (Å²) in [6.07, 6.45) is 0. The standard InChI is InChI=1S/C10H13PS3/c1-8-5-9(2)7-10(6-8)11(12)13-3-4-14-11/h5-7H,3-4H2,1-2H3. The second-order valence-electron chi connectivity index (χ2n) is 3.51. The quantitative estimate of drug-likeness (QED) is 0.558. The molecule has 0 nitrogen and oxygen atoms in total. The Kier molecular flexibility index (Phi) is 3.43. The Morgan fingerprint density at radius 2 is 1.57 bits per heavy atom. The van der Waals surface area contributed by atoms with Crippen LogP contribution in [0.25, 0.3) is 0 Å². The molecule has 0 atom stereocenters. The van der Waals surface area contributed by atoms with Crippen molar-refractivity contribution in [2.45, 2.75) is 13.8 Å². The number of hydrogen-bond acceptors (Lipinski definition) is 3. The zero-order valence-electron chi connectivity index (χ0n) is 8.32. The number of hydrogen-bond donors (Lipinski definition) is 0. The van der Waals surface area contributed by atoms with E-state index in [0.29, 0.717) is 0 Å². The molecule has 14 heavy (non-hydrogen) atoms. The molecule has 0 amide bonds. The van der Waals surface area contributed by atoms with E-state index in [0.717, 1.165) is 0 Å². The smallest absolute Gasteiger partial charge is 0.0960 e. The molecule has 0 unspecified atom stereocenters. The van der Waals surface area contributed by atoms with Crippen LogP contribution in [-0.2, 0) is 12.2 Å². The third kappa shape index (κ3) is 2.27. The van der Waals surface area contributed by atoms with Gasteiger partial charge >= 0.3 is 0 Å². The zero-order valence-corrected chi connectivity index (χ0v) is 11.7. The van der Waals surface area contributed by atoms with E-state index in [1.165, 1.54) is 27.9 Å². The highest BCUT2D eigenvalue weighted by Gasteiger charge is 2.34. The second-order valence-corrected chi connectivity index (χ2v) is 14.9. The van der Waals surface area contributed by atoms with Crippen LogP contribution in [0.15, 0.2) is 18.2 Å². The molecule has 1 aliphatic heterocycles. The van der Waals surface area contributed by atoms with Gasteiger partial charge in [0.25, 0.3) is 0 Å². The predicted molar refractivity (Wildman–Crippen MR) is 74.8 cm³/mol. The summed E-state index contributed by atoms with van der Waals surface area (Å²) in [6, 6.07) is 6.77. The third-order valence-electron chi connectivity index (χ3n) is 2.13. The Hall–Kier alpha value is 0.700. The van der Waals surface area contributed by atoms with E-state index in [-0.39, 0.29) is 0 Å². The topological polar surface area (TPSA) is 0 Å². The lowest BCUT2D eigenvalue weighted by Gasteiger charge is -2.23. The first-order valence-electron chi connectivity index (χ1n) is 4.58. The number of rotatable bonds is 1. The second kappa shape index (κ2) is 4.29. The average molecular weight is 260 g/mol. The molecule has 1 aliphatic rings. The summed E-state index contributed by atoms with van der Waals surface area (Å²) in [6.45, 7) is 4.31. The first-order valence-corrected chi connectivity index (χ1v) is 10.6. The molecule has 1 aromatic carbocycles. The molecule has 0 aromatic heterocycles. The van der Waals surface area contributed by atoms with E-state index in [2.05, 4.69) is 32.0 Å². The summed E-state index contributed by atoms with van der Waals surface area (Å²) in [5.74, 6) is 2.46. The number of aryl methyl sites for hydroxylation is 2.